The van der Waals surface area contributed by atoms with Crippen LogP contribution in [0.2, 0.25) is 0 Å². The second kappa shape index (κ2) is 8.44. The number of rotatable bonds is 5. The highest BCUT2D eigenvalue weighted by Crippen LogP contribution is 2.25. The van der Waals surface area contributed by atoms with Crippen LogP contribution in [-0.2, 0) is 11.3 Å². The first-order valence-corrected chi connectivity index (χ1v) is 8.47. The zero-order valence-electron chi connectivity index (χ0n) is 15.7. The first-order valence-electron chi connectivity index (χ1n) is 8.47. The number of ether oxygens (including phenoxy) is 2. The van der Waals surface area contributed by atoms with E-state index in [0.717, 1.165) is 16.9 Å². The van der Waals surface area contributed by atoms with Crippen LogP contribution >= 0.6 is 0 Å². The maximum absolute atomic E-state index is 12.8. The van der Waals surface area contributed by atoms with Gasteiger partial charge in [0.15, 0.2) is 0 Å². The van der Waals surface area contributed by atoms with Gasteiger partial charge in [0.1, 0.15) is 17.4 Å². The van der Waals surface area contributed by atoms with Crippen molar-refractivity contribution in [1.29, 1.82) is 0 Å². The van der Waals surface area contributed by atoms with E-state index in [1.54, 1.807) is 12.0 Å². The van der Waals surface area contributed by atoms with Crippen LogP contribution in [0.1, 0.15) is 37.9 Å². The highest BCUT2D eigenvalue weighted by molar-refractivity contribution is 5.69. The summed E-state index contributed by atoms with van der Waals surface area (Å²) in [6, 6.07) is 16.6. The molecule has 0 fully saturated rings. The fourth-order valence-corrected chi connectivity index (χ4v) is 2.51. The summed E-state index contributed by atoms with van der Waals surface area (Å²) in [4.78, 5) is 14.4. The molecule has 1 unspecified atom stereocenters. The van der Waals surface area contributed by atoms with Crippen LogP contribution in [0.25, 0.3) is 0 Å². The number of hydrogen-bond acceptors (Lipinski definition) is 3. The largest absolute Gasteiger partial charge is 0.497 e. The molecule has 2 aromatic carbocycles. The summed E-state index contributed by atoms with van der Waals surface area (Å²) in [7, 11) is 1.62. The Morgan fingerprint density at radius 2 is 1.73 bits per heavy atom. The molecule has 0 saturated carbocycles. The van der Waals surface area contributed by atoms with E-state index in [1.807, 2.05) is 75.4 Å². The van der Waals surface area contributed by atoms with Gasteiger partial charge in [-0.05, 0) is 44.0 Å². The van der Waals surface area contributed by atoms with Crippen molar-refractivity contribution in [1.82, 2.24) is 4.90 Å². The van der Waals surface area contributed by atoms with Crippen LogP contribution in [0, 0.1) is 12.3 Å². The fourth-order valence-electron chi connectivity index (χ4n) is 2.51. The second-order valence-corrected chi connectivity index (χ2v) is 6.94. The molecule has 2 aromatic rings. The monoisotopic (exact) mass is 351 g/mol. The van der Waals surface area contributed by atoms with Crippen LogP contribution in [0.3, 0.4) is 0 Å². The zero-order valence-corrected chi connectivity index (χ0v) is 15.7. The van der Waals surface area contributed by atoms with E-state index in [1.165, 1.54) is 0 Å². The van der Waals surface area contributed by atoms with Crippen molar-refractivity contribution in [3.63, 3.8) is 0 Å². The standard InChI is InChI=1S/C22H25NO3/c1-6-20(18-10-8-7-9-11-18)23(21(24)26-22(2,3)4)16-17-12-14-19(25-5)15-13-17/h1,7-15,20H,16H2,2-5H3. The first kappa shape index (κ1) is 19.4. The van der Waals surface area contributed by atoms with E-state index >= 15 is 0 Å². The van der Waals surface area contributed by atoms with Crippen molar-refractivity contribution in [3.05, 3.63) is 65.7 Å². The number of methoxy groups -OCH3 is 1. The molecule has 4 heteroatoms. The maximum Gasteiger partial charge on any atom is 0.411 e. The Morgan fingerprint density at radius 1 is 1.12 bits per heavy atom. The molecule has 0 bridgehead atoms. The molecule has 0 radical (unpaired) electrons. The Balaban J connectivity index is 2.34. The third kappa shape index (κ3) is 5.29. The summed E-state index contributed by atoms with van der Waals surface area (Å²) >= 11 is 0. The molecular formula is C22H25NO3. The van der Waals surface area contributed by atoms with Crippen molar-refractivity contribution < 1.29 is 14.3 Å². The lowest BCUT2D eigenvalue weighted by molar-refractivity contribution is 0.0185. The fraction of sp³-hybridized carbons (Fsp3) is 0.318. The van der Waals surface area contributed by atoms with Gasteiger partial charge in [-0.1, -0.05) is 48.4 Å². The van der Waals surface area contributed by atoms with E-state index in [0.29, 0.717) is 6.54 Å². The minimum Gasteiger partial charge on any atom is -0.497 e. The molecule has 0 heterocycles. The minimum absolute atomic E-state index is 0.336. The van der Waals surface area contributed by atoms with Gasteiger partial charge >= 0.3 is 6.09 Å². The number of amides is 1. The maximum atomic E-state index is 12.8. The van der Waals surface area contributed by atoms with Gasteiger partial charge in [0.2, 0.25) is 0 Å². The highest BCUT2D eigenvalue weighted by atomic mass is 16.6. The van der Waals surface area contributed by atoms with E-state index in [4.69, 9.17) is 15.9 Å². The van der Waals surface area contributed by atoms with E-state index in [2.05, 4.69) is 5.92 Å². The van der Waals surface area contributed by atoms with Gasteiger partial charge in [-0.3, -0.25) is 4.90 Å². The number of benzene rings is 2. The first-order chi connectivity index (χ1) is 12.3. The Morgan fingerprint density at radius 3 is 2.23 bits per heavy atom. The topological polar surface area (TPSA) is 38.8 Å². The van der Waals surface area contributed by atoms with E-state index < -0.39 is 17.7 Å². The molecule has 0 aliphatic rings. The second-order valence-electron chi connectivity index (χ2n) is 6.94. The van der Waals surface area contributed by atoms with Gasteiger partial charge in [0.05, 0.1) is 13.7 Å². The third-order valence-corrected chi connectivity index (χ3v) is 3.72. The number of terminal acetylenes is 1. The summed E-state index contributed by atoms with van der Waals surface area (Å²) < 4.78 is 10.8. The molecule has 2 rings (SSSR count). The van der Waals surface area contributed by atoms with Gasteiger partial charge < -0.3 is 9.47 Å². The Kier molecular flexibility index (Phi) is 6.30. The average molecular weight is 351 g/mol. The van der Waals surface area contributed by atoms with Crippen molar-refractivity contribution in [3.8, 4) is 18.1 Å². The van der Waals surface area contributed by atoms with E-state index in [9.17, 15) is 4.79 Å². The van der Waals surface area contributed by atoms with Crippen LogP contribution < -0.4 is 4.74 Å². The number of carbonyl (C=O) groups excluding carboxylic acids is 1. The van der Waals surface area contributed by atoms with Crippen molar-refractivity contribution in [2.45, 2.75) is 39.0 Å². The lowest BCUT2D eigenvalue weighted by Crippen LogP contribution is -2.38. The normalized spacial score (nSPS) is 12.0. The summed E-state index contributed by atoms with van der Waals surface area (Å²) in [5, 5.41) is 0. The van der Waals surface area contributed by atoms with Crippen LogP contribution in [0.4, 0.5) is 4.79 Å². The third-order valence-electron chi connectivity index (χ3n) is 3.72. The zero-order chi connectivity index (χ0) is 19.2. The Labute approximate surface area is 155 Å². The molecule has 0 aliphatic heterocycles. The molecule has 0 saturated heterocycles. The lowest BCUT2D eigenvalue weighted by atomic mass is 10.1. The number of nitrogens with zero attached hydrogens (tertiary/aromatic N) is 1. The molecule has 4 nitrogen and oxygen atoms in total. The number of hydrogen-bond donors (Lipinski definition) is 0. The molecule has 26 heavy (non-hydrogen) atoms. The summed E-state index contributed by atoms with van der Waals surface area (Å²) in [5.74, 6) is 3.49. The van der Waals surface area contributed by atoms with Gasteiger partial charge in [-0.25, -0.2) is 4.79 Å². The molecule has 1 amide bonds. The Bertz CT molecular complexity index is 755. The van der Waals surface area contributed by atoms with Gasteiger partial charge in [0, 0.05) is 0 Å². The highest BCUT2D eigenvalue weighted by Gasteiger charge is 2.28. The smallest absolute Gasteiger partial charge is 0.411 e. The van der Waals surface area contributed by atoms with Crippen molar-refractivity contribution in [2.75, 3.05) is 7.11 Å². The molecule has 136 valence electrons. The van der Waals surface area contributed by atoms with Gasteiger partial charge in [-0.2, -0.15) is 0 Å². The molecule has 0 N–H and O–H groups in total. The predicted octanol–water partition coefficient (Wildman–Crippen LogP) is 4.81. The molecule has 1 atom stereocenters. The average Bonchev–Trinajstić information content (AvgIpc) is 2.61. The SMILES string of the molecule is C#CC(c1ccccc1)N(Cc1ccc(OC)cc1)C(=O)OC(C)(C)C. The quantitative estimate of drug-likeness (QED) is 0.726. The van der Waals surface area contributed by atoms with Gasteiger partial charge in [-0.15, -0.1) is 6.42 Å². The molecule has 0 aliphatic carbocycles. The summed E-state index contributed by atoms with van der Waals surface area (Å²) in [6.45, 7) is 5.85. The lowest BCUT2D eigenvalue weighted by Gasteiger charge is -2.31. The minimum atomic E-state index is -0.606. The number of carbonyl (C=O) groups is 1. The Hall–Kier alpha value is -2.93. The van der Waals surface area contributed by atoms with Crippen LogP contribution in [-0.4, -0.2) is 23.7 Å². The van der Waals surface area contributed by atoms with E-state index in [-0.39, 0.29) is 0 Å². The molecule has 0 spiro atoms. The molecule has 0 aromatic heterocycles. The summed E-state index contributed by atoms with van der Waals surface area (Å²) in [5.41, 5.74) is 1.20. The summed E-state index contributed by atoms with van der Waals surface area (Å²) in [6.07, 6.45) is 5.34. The van der Waals surface area contributed by atoms with Crippen molar-refractivity contribution in [2.24, 2.45) is 0 Å². The van der Waals surface area contributed by atoms with Gasteiger partial charge in [0.25, 0.3) is 0 Å². The van der Waals surface area contributed by atoms with Crippen LogP contribution in [0.5, 0.6) is 5.75 Å². The van der Waals surface area contributed by atoms with Crippen molar-refractivity contribution >= 4 is 6.09 Å². The van der Waals surface area contributed by atoms with Crippen LogP contribution in [0.15, 0.2) is 54.6 Å². The predicted molar refractivity (Wildman–Crippen MR) is 103 cm³/mol. The molecular weight excluding hydrogens is 326 g/mol.